The predicted molar refractivity (Wildman–Crippen MR) is 99.4 cm³/mol. The number of nitro groups is 1. The zero-order valence-electron chi connectivity index (χ0n) is 14.7. The monoisotopic (exact) mass is 439 g/mol. The maximum Gasteiger partial charge on any atom is 0.339 e. The summed E-state index contributed by atoms with van der Waals surface area (Å²) < 4.78 is 10.4. The van der Waals surface area contributed by atoms with Crippen LogP contribution in [-0.2, 0) is 9.53 Å². The van der Waals surface area contributed by atoms with Crippen molar-refractivity contribution in [3.63, 3.8) is 0 Å². The molecule has 0 saturated carbocycles. The van der Waals surface area contributed by atoms with Crippen molar-refractivity contribution in [2.75, 3.05) is 5.32 Å². The number of rotatable bonds is 8. The molecule has 9 nitrogen and oxygen atoms in total. The number of hydrogen-bond acceptors (Lipinski definition) is 7. The third kappa shape index (κ3) is 5.61. The van der Waals surface area contributed by atoms with Gasteiger partial charge in [-0.25, -0.2) is 4.79 Å². The van der Waals surface area contributed by atoms with Gasteiger partial charge in [-0.3, -0.25) is 14.9 Å². The average Bonchev–Trinajstić information content (AvgIpc) is 3.03. The van der Waals surface area contributed by atoms with Crippen molar-refractivity contribution in [3.8, 4) is 0 Å². The molecule has 27 heavy (non-hydrogen) atoms. The average molecular weight is 440 g/mol. The van der Waals surface area contributed by atoms with E-state index in [4.69, 9.17) is 9.26 Å². The molecule has 1 amide bonds. The normalized spacial score (nSPS) is 11.7. The Kier molecular flexibility index (Phi) is 7.05. The maximum atomic E-state index is 12.4. The van der Waals surface area contributed by atoms with Crippen LogP contribution in [0.4, 0.5) is 11.5 Å². The number of nitro benzene ring substituents is 1. The Labute approximate surface area is 163 Å². The highest BCUT2D eigenvalue weighted by Crippen LogP contribution is 2.26. The molecule has 0 radical (unpaired) electrons. The van der Waals surface area contributed by atoms with Crippen LogP contribution in [0.5, 0.6) is 0 Å². The minimum atomic E-state index is -1.06. The minimum Gasteiger partial charge on any atom is -0.449 e. The van der Waals surface area contributed by atoms with Crippen LogP contribution in [-0.4, -0.2) is 28.1 Å². The first kappa shape index (κ1) is 20.6. The zero-order chi connectivity index (χ0) is 20.0. The fraction of sp³-hybridized carbons (Fsp3) is 0.353. The lowest BCUT2D eigenvalue weighted by atomic mass is 10.1. The third-order valence-corrected chi connectivity index (χ3v) is 4.29. The first-order chi connectivity index (χ1) is 12.8. The van der Waals surface area contributed by atoms with E-state index in [-0.39, 0.29) is 21.5 Å². The van der Waals surface area contributed by atoms with E-state index in [1.807, 2.05) is 6.92 Å². The van der Waals surface area contributed by atoms with Crippen molar-refractivity contribution >= 4 is 39.3 Å². The number of unbranched alkanes of at least 4 members (excludes halogenated alkanes) is 1. The number of aromatic nitrogens is 1. The van der Waals surface area contributed by atoms with E-state index in [2.05, 4.69) is 26.4 Å². The Hall–Kier alpha value is -2.75. The van der Waals surface area contributed by atoms with Gasteiger partial charge >= 0.3 is 5.97 Å². The van der Waals surface area contributed by atoms with Gasteiger partial charge < -0.3 is 14.6 Å². The van der Waals surface area contributed by atoms with E-state index in [0.29, 0.717) is 18.6 Å². The molecule has 144 valence electrons. The van der Waals surface area contributed by atoms with Crippen LogP contribution in [0, 0.1) is 17.0 Å². The molecule has 0 fully saturated rings. The van der Waals surface area contributed by atoms with E-state index in [0.717, 1.165) is 12.5 Å². The van der Waals surface area contributed by atoms with Crippen LogP contribution in [0.1, 0.15) is 42.3 Å². The van der Waals surface area contributed by atoms with Gasteiger partial charge in [-0.15, -0.1) is 0 Å². The molecule has 1 heterocycles. The van der Waals surface area contributed by atoms with Gasteiger partial charge in [-0.2, -0.15) is 0 Å². The first-order valence-corrected chi connectivity index (χ1v) is 9.00. The SMILES string of the molecule is CCCCC(OC(=O)c1ccc(Br)c([N+](=O)[O-])c1)C(=O)Nc1cc(C)on1. The first-order valence-electron chi connectivity index (χ1n) is 8.21. The number of nitrogens with one attached hydrogen (secondary N) is 1. The lowest BCUT2D eigenvalue weighted by Crippen LogP contribution is -2.32. The Morgan fingerprint density at radius 3 is 2.74 bits per heavy atom. The molecule has 1 N–H and O–H groups in total. The van der Waals surface area contributed by atoms with Gasteiger partial charge in [0.1, 0.15) is 5.76 Å². The van der Waals surface area contributed by atoms with Crippen LogP contribution < -0.4 is 5.32 Å². The summed E-state index contributed by atoms with van der Waals surface area (Å²) in [6.45, 7) is 3.62. The van der Waals surface area contributed by atoms with Gasteiger partial charge in [-0.1, -0.05) is 18.5 Å². The molecule has 0 aliphatic carbocycles. The molecule has 2 aromatic rings. The highest BCUT2D eigenvalue weighted by atomic mass is 79.9. The summed E-state index contributed by atoms with van der Waals surface area (Å²) in [6.07, 6.45) is 0.707. The third-order valence-electron chi connectivity index (χ3n) is 3.62. The summed E-state index contributed by atoms with van der Waals surface area (Å²) in [5.41, 5.74) is -0.284. The van der Waals surface area contributed by atoms with Crippen molar-refractivity contribution in [3.05, 3.63) is 50.2 Å². The van der Waals surface area contributed by atoms with Gasteiger partial charge in [0.25, 0.3) is 11.6 Å². The van der Waals surface area contributed by atoms with Crippen LogP contribution >= 0.6 is 15.9 Å². The molecule has 2 rings (SSSR count). The quantitative estimate of drug-likeness (QED) is 0.374. The molecule has 0 saturated heterocycles. The van der Waals surface area contributed by atoms with Gasteiger partial charge in [0, 0.05) is 12.1 Å². The summed E-state index contributed by atoms with van der Waals surface area (Å²) in [5, 5.41) is 17.2. The van der Waals surface area contributed by atoms with Crippen LogP contribution in [0.3, 0.4) is 0 Å². The molecule has 1 aromatic heterocycles. The number of benzene rings is 1. The minimum absolute atomic E-state index is 0.0171. The summed E-state index contributed by atoms with van der Waals surface area (Å²) >= 11 is 3.05. The number of ether oxygens (including phenoxy) is 1. The van der Waals surface area contributed by atoms with E-state index in [9.17, 15) is 19.7 Å². The Morgan fingerprint density at radius 1 is 1.41 bits per heavy atom. The second-order valence-corrected chi connectivity index (χ2v) is 6.63. The number of aryl methyl sites for hydroxylation is 1. The van der Waals surface area contributed by atoms with E-state index < -0.39 is 22.9 Å². The van der Waals surface area contributed by atoms with Gasteiger partial charge in [0.15, 0.2) is 11.9 Å². The second kappa shape index (κ2) is 9.26. The van der Waals surface area contributed by atoms with Gasteiger partial charge in [-0.05, 0) is 47.8 Å². The molecule has 10 heteroatoms. The summed E-state index contributed by atoms with van der Waals surface area (Å²) in [6, 6.07) is 5.40. The van der Waals surface area contributed by atoms with Crippen LogP contribution in [0.15, 0.2) is 33.3 Å². The van der Waals surface area contributed by atoms with Gasteiger partial charge in [0.2, 0.25) is 0 Å². The molecular weight excluding hydrogens is 422 g/mol. The number of carbonyl (C=O) groups excluding carboxylic acids is 2. The van der Waals surface area contributed by atoms with Crippen LogP contribution in [0.2, 0.25) is 0 Å². The van der Waals surface area contributed by atoms with Crippen LogP contribution in [0.25, 0.3) is 0 Å². The van der Waals surface area contributed by atoms with E-state index in [1.165, 1.54) is 18.2 Å². The molecule has 0 aliphatic heterocycles. The topological polar surface area (TPSA) is 125 Å². The van der Waals surface area contributed by atoms with E-state index in [1.54, 1.807) is 6.92 Å². The maximum absolute atomic E-state index is 12.4. The Bertz CT molecular complexity index is 851. The number of amides is 1. The fourth-order valence-corrected chi connectivity index (χ4v) is 2.63. The number of esters is 1. The number of hydrogen-bond donors (Lipinski definition) is 1. The molecule has 0 bridgehead atoms. The highest BCUT2D eigenvalue weighted by molar-refractivity contribution is 9.10. The predicted octanol–water partition coefficient (Wildman–Crippen LogP) is 4.01. The largest absolute Gasteiger partial charge is 0.449 e. The molecule has 1 unspecified atom stereocenters. The highest BCUT2D eigenvalue weighted by Gasteiger charge is 2.25. The van der Waals surface area contributed by atoms with Crippen molar-refractivity contribution in [2.45, 2.75) is 39.2 Å². The second-order valence-electron chi connectivity index (χ2n) is 5.77. The lowest BCUT2D eigenvalue weighted by Gasteiger charge is -2.16. The Balaban J connectivity index is 2.14. The molecular formula is C17H18BrN3O6. The Morgan fingerprint density at radius 2 is 2.15 bits per heavy atom. The summed E-state index contributed by atoms with van der Waals surface area (Å²) in [4.78, 5) is 35.2. The number of nitrogens with zero attached hydrogens (tertiary/aromatic N) is 2. The summed E-state index contributed by atoms with van der Waals surface area (Å²) in [7, 11) is 0. The van der Waals surface area contributed by atoms with E-state index >= 15 is 0 Å². The van der Waals surface area contributed by atoms with Crippen molar-refractivity contribution < 1.29 is 23.8 Å². The smallest absolute Gasteiger partial charge is 0.339 e. The van der Waals surface area contributed by atoms with Crippen molar-refractivity contribution in [2.24, 2.45) is 0 Å². The molecule has 1 atom stereocenters. The number of anilines is 1. The summed E-state index contributed by atoms with van der Waals surface area (Å²) in [5.74, 6) is -0.626. The lowest BCUT2D eigenvalue weighted by molar-refractivity contribution is -0.385. The molecule has 1 aromatic carbocycles. The standard InChI is InChI=1S/C17H18BrN3O6/c1-3-4-5-14(16(22)19-15-8-10(2)27-20-15)26-17(23)11-6-7-12(18)13(9-11)21(24)25/h6-9,14H,3-5H2,1-2H3,(H,19,20,22). The van der Waals surface area contributed by atoms with Crippen molar-refractivity contribution in [1.29, 1.82) is 0 Å². The molecule has 0 spiro atoms. The van der Waals surface area contributed by atoms with Gasteiger partial charge in [0.05, 0.1) is 15.0 Å². The molecule has 0 aliphatic rings. The van der Waals surface area contributed by atoms with Crippen molar-refractivity contribution in [1.82, 2.24) is 5.16 Å². The number of halogens is 1. The fourth-order valence-electron chi connectivity index (χ4n) is 2.24. The zero-order valence-corrected chi connectivity index (χ0v) is 16.3. The number of carbonyl (C=O) groups is 2.